The van der Waals surface area contributed by atoms with E-state index in [1.54, 1.807) is 4.90 Å². The zero-order valence-electron chi connectivity index (χ0n) is 14.3. The smallest absolute Gasteiger partial charge is 0.245 e. The third-order valence-corrected chi connectivity index (χ3v) is 4.05. The highest BCUT2D eigenvalue weighted by Crippen LogP contribution is 2.20. The molecule has 0 fully saturated rings. The van der Waals surface area contributed by atoms with Crippen LogP contribution in [0.25, 0.3) is 11.3 Å². The first-order valence-corrected chi connectivity index (χ1v) is 8.22. The predicted octanol–water partition coefficient (Wildman–Crippen LogP) is 1.36. The van der Waals surface area contributed by atoms with Crippen LogP contribution in [0.2, 0.25) is 0 Å². The lowest BCUT2D eigenvalue weighted by Gasteiger charge is -2.28. The van der Waals surface area contributed by atoms with Crippen molar-refractivity contribution in [1.29, 1.82) is 0 Å². The highest BCUT2D eigenvalue weighted by Gasteiger charge is 2.21. The lowest BCUT2D eigenvalue weighted by atomic mass is 10.0. The van der Waals surface area contributed by atoms with Gasteiger partial charge in [0, 0.05) is 23.9 Å². The summed E-state index contributed by atoms with van der Waals surface area (Å²) in [6.45, 7) is 0.429. The van der Waals surface area contributed by atoms with Gasteiger partial charge in [0.1, 0.15) is 12.1 Å². The van der Waals surface area contributed by atoms with Gasteiger partial charge in [-0.3, -0.25) is 24.4 Å². The normalized spacial score (nSPS) is 14.0. The Balaban J connectivity index is 1.66. The molecule has 3 heterocycles. The summed E-state index contributed by atoms with van der Waals surface area (Å²) in [5, 5.41) is 2.59. The summed E-state index contributed by atoms with van der Waals surface area (Å²) in [5.74, 6) is -0.657. The van der Waals surface area contributed by atoms with E-state index >= 15 is 0 Å². The number of nitrogens with one attached hydrogen (secondary N) is 1. The van der Waals surface area contributed by atoms with Crippen LogP contribution in [0, 0.1) is 5.82 Å². The number of halogens is 1. The number of amides is 1. The van der Waals surface area contributed by atoms with Gasteiger partial charge < -0.3 is 10.2 Å². The second-order valence-electron chi connectivity index (χ2n) is 5.90. The molecule has 2 aromatic rings. The summed E-state index contributed by atoms with van der Waals surface area (Å²) in [4.78, 5) is 48.0. The number of carbonyl (C=O) groups is 3. The SMILES string of the molecule is O=CC1=C(C=O)N(CC(=O)Nc2cnc(-c3cncc(F)c3)cn2)CCC1. The molecule has 0 radical (unpaired) electrons. The Bertz CT molecular complexity index is 898. The van der Waals surface area contributed by atoms with Crippen LogP contribution in [-0.4, -0.2) is 51.4 Å². The second-order valence-corrected chi connectivity index (χ2v) is 5.90. The minimum atomic E-state index is -0.484. The van der Waals surface area contributed by atoms with E-state index in [4.69, 9.17) is 0 Å². The minimum absolute atomic E-state index is 0.0807. The molecule has 9 heteroatoms. The lowest BCUT2D eigenvalue weighted by Crippen LogP contribution is -2.37. The van der Waals surface area contributed by atoms with E-state index in [1.165, 1.54) is 24.7 Å². The largest absolute Gasteiger partial charge is 0.359 e. The fourth-order valence-corrected chi connectivity index (χ4v) is 2.80. The Morgan fingerprint density at radius 3 is 2.70 bits per heavy atom. The highest BCUT2D eigenvalue weighted by atomic mass is 19.1. The summed E-state index contributed by atoms with van der Waals surface area (Å²) < 4.78 is 13.2. The first kappa shape index (κ1) is 18.3. The van der Waals surface area contributed by atoms with Gasteiger partial charge in [-0.05, 0) is 18.9 Å². The van der Waals surface area contributed by atoms with Gasteiger partial charge in [-0.25, -0.2) is 9.37 Å². The molecule has 0 aromatic carbocycles. The van der Waals surface area contributed by atoms with E-state index in [1.807, 2.05) is 0 Å². The van der Waals surface area contributed by atoms with Crippen molar-refractivity contribution in [2.24, 2.45) is 0 Å². The fourth-order valence-electron chi connectivity index (χ4n) is 2.80. The van der Waals surface area contributed by atoms with Gasteiger partial charge in [0.25, 0.3) is 0 Å². The van der Waals surface area contributed by atoms with Crippen molar-refractivity contribution in [1.82, 2.24) is 19.9 Å². The molecular weight excluding hydrogens is 353 g/mol. The topological polar surface area (TPSA) is 105 Å². The van der Waals surface area contributed by atoms with Gasteiger partial charge in [-0.1, -0.05) is 0 Å². The van der Waals surface area contributed by atoms with Crippen LogP contribution in [0.1, 0.15) is 12.8 Å². The Morgan fingerprint density at radius 2 is 2.04 bits per heavy atom. The first-order chi connectivity index (χ1) is 13.1. The maximum atomic E-state index is 13.2. The van der Waals surface area contributed by atoms with Gasteiger partial charge in [0.15, 0.2) is 12.1 Å². The molecule has 8 nitrogen and oxygen atoms in total. The first-order valence-electron chi connectivity index (χ1n) is 8.22. The number of rotatable bonds is 6. The molecule has 3 rings (SSSR count). The maximum Gasteiger partial charge on any atom is 0.245 e. The molecule has 1 amide bonds. The zero-order chi connectivity index (χ0) is 19.2. The molecule has 0 spiro atoms. The van der Waals surface area contributed by atoms with E-state index < -0.39 is 11.7 Å². The van der Waals surface area contributed by atoms with Crippen LogP contribution >= 0.6 is 0 Å². The Hall–Kier alpha value is -3.49. The van der Waals surface area contributed by atoms with Crippen LogP contribution in [-0.2, 0) is 14.4 Å². The number of hydrogen-bond donors (Lipinski definition) is 1. The Morgan fingerprint density at radius 1 is 1.19 bits per heavy atom. The molecule has 27 heavy (non-hydrogen) atoms. The molecule has 2 aromatic heterocycles. The van der Waals surface area contributed by atoms with Crippen LogP contribution in [0.15, 0.2) is 42.1 Å². The van der Waals surface area contributed by atoms with Gasteiger partial charge in [0.05, 0.1) is 36.5 Å². The second kappa shape index (κ2) is 8.26. The van der Waals surface area contributed by atoms with Crippen molar-refractivity contribution in [3.63, 3.8) is 0 Å². The quantitative estimate of drug-likeness (QED) is 0.767. The van der Waals surface area contributed by atoms with Crippen molar-refractivity contribution in [3.05, 3.63) is 47.9 Å². The third kappa shape index (κ3) is 4.38. The monoisotopic (exact) mass is 369 g/mol. The van der Waals surface area contributed by atoms with Gasteiger partial charge in [-0.2, -0.15) is 0 Å². The maximum absolute atomic E-state index is 13.2. The fraction of sp³-hybridized carbons (Fsp3) is 0.222. The molecule has 0 atom stereocenters. The number of pyridine rings is 1. The number of anilines is 1. The zero-order valence-corrected chi connectivity index (χ0v) is 14.3. The predicted molar refractivity (Wildman–Crippen MR) is 93.8 cm³/mol. The van der Waals surface area contributed by atoms with E-state index in [-0.39, 0.29) is 18.1 Å². The summed E-state index contributed by atoms with van der Waals surface area (Å²) in [5.41, 5.74) is 1.53. The van der Waals surface area contributed by atoms with Crippen molar-refractivity contribution < 1.29 is 18.8 Å². The molecule has 0 aliphatic carbocycles. The number of allylic oxidation sites excluding steroid dienone is 2. The average Bonchev–Trinajstić information content (AvgIpc) is 2.68. The number of carbonyl (C=O) groups excluding carboxylic acids is 3. The molecule has 1 N–H and O–H groups in total. The Labute approximate surface area is 154 Å². The summed E-state index contributed by atoms with van der Waals surface area (Å²) in [7, 11) is 0. The standard InChI is InChI=1S/C18H16FN5O3/c19-14-4-13(5-20-6-14)15-7-22-17(8-21-15)23-18(27)9-24-3-1-2-12(10-25)16(24)11-26/h4-8,10-11H,1-3,9H2,(H,22,23,27). The summed E-state index contributed by atoms with van der Waals surface area (Å²) in [6, 6.07) is 1.28. The van der Waals surface area contributed by atoms with E-state index in [9.17, 15) is 18.8 Å². The third-order valence-electron chi connectivity index (χ3n) is 4.05. The van der Waals surface area contributed by atoms with Gasteiger partial charge >= 0.3 is 0 Å². The molecule has 138 valence electrons. The van der Waals surface area contributed by atoms with Crippen molar-refractivity contribution >= 4 is 24.3 Å². The van der Waals surface area contributed by atoms with Gasteiger partial charge in [0.2, 0.25) is 5.91 Å². The van der Waals surface area contributed by atoms with Crippen LogP contribution in [0.4, 0.5) is 10.2 Å². The van der Waals surface area contributed by atoms with Gasteiger partial charge in [-0.15, -0.1) is 0 Å². The van der Waals surface area contributed by atoms with E-state index in [2.05, 4.69) is 20.3 Å². The molecule has 0 saturated carbocycles. The number of aldehydes is 2. The molecule has 1 aliphatic heterocycles. The molecular formula is C18H16FN5O3. The van der Waals surface area contributed by atoms with Crippen LogP contribution in [0.3, 0.4) is 0 Å². The minimum Gasteiger partial charge on any atom is -0.359 e. The van der Waals surface area contributed by atoms with Crippen LogP contribution < -0.4 is 5.32 Å². The van der Waals surface area contributed by atoms with E-state index in [0.717, 1.165) is 6.20 Å². The molecule has 1 aliphatic rings. The average molecular weight is 369 g/mol. The number of nitrogens with zero attached hydrogens (tertiary/aromatic N) is 4. The lowest BCUT2D eigenvalue weighted by molar-refractivity contribution is -0.117. The van der Waals surface area contributed by atoms with Crippen molar-refractivity contribution in [3.8, 4) is 11.3 Å². The molecule has 0 saturated heterocycles. The molecule has 0 unspecified atom stereocenters. The van der Waals surface area contributed by atoms with Crippen molar-refractivity contribution in [2.75, 3.05) is 18.4 Å². The summed E-state index contributed by atoms with van der Waals surface area (Å²) in [6.07, 6.45) is 7.75. The van der Waals surface area contributed by atoms with Crippen molar-refractivity contribution in [2.45, 2.75) is 12.8 Å². The Kier molecular flexibility index (Phi) is 5.60. The molecule has 0 bridgehead atoms. The van der Waals surface area contributed by atoms with Crippen LogP contribution in [0.5, 0.6) is 0 Å². The number of hydrogen-bond acceptors (Lipinski definition) is 7. The summed E-state index contributed by atoms with van der Waals surface area (Å²) >= 11 is 0. The number of aromatic nitrogens is 3. The highest BCUT2D eigenvalue weighted by molar-refractivity contribution is 5.93. The van der Waals surface area contributed by atoms with E-state index in [0.29, 0.717) is 48.8 Å².